The zero-order valence-electron chi connectivity index (χ0n) is 12.8. The Balaban J connectivity index is 2.67. The molecule has 0 saturated heterocycles. The molecule has 114 valence electrons. The Bertz CT molecular complexity index is 385. The van der Waals surface area contributed by atoms with Crippen molar-refractivity contribution in [3.05, 3.63) is 0 Å². The zero-order chi connectivity index (χ0) is 14.8. The molecule has 1 aromatic rings. The predicted octanol–water partition coefficient (Wildman–Crippen LogP) is 1.56. The van der Waals surface area contributed by atoms with Crippen molar-refractivity contribution in [2.75, 3.05) is 50.2 Å². The van der Waals surface area contributed by atoms with Crippen molar-refractivity contribution in [3.63, 3.8) is 0 Å². The Labute approximate surface area is 120 Å². The van der Waals surface area contributed by atoms with Gasteiger partial charge >= 0.3 is 6.01 Å². The molecule has 0 fully saturated rings. The van der Waals surface area contributed by atoms with Crippen LogP contribution < -0.4 is 15.0 Å². The third kappa shape index (κ3) is 5.16. The van der Waals surface area contributed by atoms with E-state index in [-0.39, 0.29) is 0 Å². The maximum atomic E-state index is 5.52. The number of nitrogens with zero attached hydrogens (tertiary/aromatic N) is 4. The highest BCUT2D eigenvalue weighted by Crippen LogP contribution is 2.14. The van der Waals surface area contributed by atoms with Crippen molar-refractivity contribution in [1.29, 1.82) is 0 Å². The van der Waals surface area contributed by atoms with E-state index in [1.807, 2.05) is 4.90 Å². The number of hydrogen-bond acceptors (Lipinski definition) is 7. The molecule has 0 radical (unpaired) electrons. The molecule has 0 spiro atoms. The van der Waals surface area contributed by atoms with Crippen LogP contribution >= 0.6 is 0 Å². The largest absolute Gasteiger partial charge is 0.461 e. The average molecular weight is 283 g/mol. The van der Waals surface area contributed by atoms with Crippen LogP contribution in [0.15, 0.2) is 0 Å². The maximum Gasteiger partial charge on any atom is 0.323 e. The number of nitrogens with one attached hydrogen (secondary N) is 1. The molecule has 20 heavy (non-hydrogen) atoms. The van der Waals surface area contributed by atoms with Gasteiger partial charge in [-0.15, -0.1) is 0 Å². The summed E-state index contributed by atoms with van der Waals surface area (Å²) >= 11 is 0. The first kappa shape index (κ1) is 16.4. The highest BCUT2D eigenvalue weighted by molar-refractivity contribution is 5.37. The average Bonchev–Trinajstić information content (AvgIpc) is 2.48. The van der Waals surface area contributed by atoms with Crippen molar-refractivity contribution >= 4 is 11.9 Å². The van der Waals surface area contributed by atoms with Crippen molar-refractivity contribution < 1.29 is 9.47 Å². The minimum Gasteiger partial charge on any atom is -0.461 e. The number of aromatic nitrogens is 3. The first-order valence-electron chi connectivity index (χ1n) is 7.14. The molecule has 0 aliphatic carbocycles. The van der Waals surface area contributed by atoms with Gasteiger partial charge in [-0.25, -0.2) is 0 Å². The van der Waals surface area contributed by atoms with Crippen LogP contribution in [0.3, 0.4) is 0 Å². The fourth-order valence-electron chi connectivity index (χ4n) is 1.61. The molecule has 0 aliphatic rings. The Morgan fingerprint density at radius 3 is 2.35 bits per heavy atom. The molecule has 1 heterocycles. The molecular formula is C13H25N5O2. The molecule has 1 rings (SSSR count). The first-order valence-corrected chi connectivity index (χ1v) is 7.14. The summed E-state index contributed by atoms with van der Waals surface area (Å²) in [5.41, 5.74) is 0. The van der Waals surface area contributed by atoms with Crippen LogP contribution in [0.1, 0.15) is 27.2 Å². The van der Waals surface area contributed by atoms with Crippen molar-refractivity contribution in [3.8, 4) is 6.01 Å². The summed E-state index contributed by atoms with van der Waals surface area (Å²) in [6, 6.07) is 0.325. The fraction of sp³-hybridized carbons (Fsp3) is 0.769. The Kier molecular flexibility index (Phi) is 7.64. The molecule has 1 N–H and O–H groups in total. The van der Waals surface area contributed by atoms with E-state index in [9.17, 15) is 0 Å². The second-order valence-corrected chi connectivity index (χ2v) is 4.12. The van der Waals surface area contributed by atoms with Gasteiger partial charge in [0.1, 0.15) is 6.61 Å². The highest BCUT2D eigenvalue weighted by Gasteiger charge is 2.11. The summed E-state index contributed by atoms with van der Waals surface area (Å²) in [5, 5.41) is 2.92. The van der Waals surface area contributed by atoms with Crippen LogP contribution in [0.4, 0.5) is 11.9 Å². The standard InChI is InChI=1S/C13H25N5O2/c1-5-8-19-9-10-20-13-16-11(14-4)15-12(17-13)18(6-2)7-3/h5-10H2,1-4H3,(H,14,15,16,17). The normalized spacial score (nSPS) is 10.4. The van der Waals surface area contributed by atoms with Gasteiger partial charge in [0.15, 0.2) is 0 Å². The zero-order valence-corrected chi connectivity index (χ0v) is 12.8. The number of anilines is 2. The first-order chi connectivity index (χ1) is 9.74. The minimum atomic E-state index is 0.325. The van der Waals surface area contributed by atoms with E-state index in [4.69, 9.17) is 9.47 Å². The number of ether oxygens (including phenoxy) is 2. The second kappa shape index (κ2) is 9.30. The summed E-state index contributed by atoms with van der Waals surface area (Å²) in [5.74, 6) is 1.13. The lowest BCUT2D eigenvalue weighted by Crippen LogP contribution is -2.25. The molecule has 0 unspecified atom stereocenters. The van der Waals surface area contributed by atoms with Crippen LogP contribution in [-0.4, -0.2) is 54.9 Å². The minimum absolute atomic E-state index is 0.325. The molecule has 7 heteroatoms. The van der Waals surface area contributed by atoms with Gasteiger partial charge in [-0.05, 0) is 20.3 Å². The van der Waals surface area contributed by atoms with Crippen LogP contribution in [-0.2, 0) is 4.74 Å². The van der Waals surface area contributed by atoms with Gasteiger partial charge in [-0.3, -0.25) is 0 Å². The Morgan fingerprint density at radius 1 is 1.00 bits per heavy atom. The summed E-state index contributed by atoms with van der Waals surface area (Å²) in [4.78, 5) is 14.9. The lowest BCUT2D eigenvalue weighted by Gasteiger charge is -2.19. The molecule has 7 nitrogen and oxygen atoms in total. The van der Waals surface area contributed by atoms with Crippen molar-refractivity contribution in [2.45, 2.75) is 27.2 Å². The Hall–Kier alpha value is -1.63. The molecule has 0 aromatic carbocycles. The van der Waals surface area contributed by atoms with Crippen LogP contribution in [0, 0.1) is 0 Å². The Morgan fingerprint density at radius 2 is 1.75 bits per heavy atom. The van der Waals surface area contributed by atoms with Gasteiger partial charge < -0.3 is 19.7 Å². The molecule has 0 atom stereocenters. The van der Waals surface area contributed by atoms with E-state index >= 15 is 0 Å². The third-order valence-corrected chi connectivity index (χ3v) is 2.68. The van der Waals surface area contributed by atoms with E-state index in [2.05, 4.69) is 41.0 Å². The van der Waals surface area contributed by atoms with Crippen LogP contribution in [0.5, 0.6) is 6.01 Å². The molecule has 0 bridgehead atoms. The predicted molar refractivity (Wildman–Crippen MR) is 79.5 cm³/mol. The van der Waals surface area contributed by atoms with Gasteiger partial charge in [0, 0.05) is 26.7 Å². The monoisotopic (exact) mass is 283 g/mol. The van der Waals surface area contributed by atoms with E-state index < -0.39 is 0 Å². The van der Waals surface area contributed by atoms with Crippen molar-refractivity contribution in [2.24, 2.45) is 0 Å². The smallest absolute Gasteiger partial charge is 0.323 e. The molecular weight excluding hydrogens is 258 g/mol. The molecule has 0 aliphatic heterocycles. The third-order valence-electron chi connectivity index (χ3n) is 2.68. The lowest BCUT2D eigenvalue weighted by molar-refractivity contribution is 0.0972. The van der Waals surface area contributed by atoms with E-state index in [0.29, 0.717) is 31.1 Å². The maximum absolute atomic E-state index is 5.52. The van der Waals surface area contributed by atoms with Gasteiger partial charge in [-0.2, -0.15) is 15.0 Å². The van der Waals surface area contributed by atoms with Crippen molar-refractivity contribution in [1.82, 2.24) is 15.0 Å². The molecule has 0 amide bonds. The highest BCUT2D eigenvalue weighted by atomic mass is 16.5. The van der Waals surface area contributed by atoms with E-state index in [1.54, 1.807) is 7.05 Å². The quantitative estimate of drug-likeness (QED) is 0.653. The SMILES string of the molecule is CCCOCCOc1nc(NC)nc(N(CC)CC)n1. The number of hydrogen-bond donors (Lipinski definition) is 1. The number of rotatable bonds is 10. The summed E-state index contributed by atoms with van der Waals surface area (Å²) < 4.78 is 10.9. The fourth-order valence-corrected chi connectivity index (χ4v) is 1.61. The summed E-state index contributed by atoms with van der Waals surface area (Å²) in [7, 11) is 1.77. The van der Waals surface area contributed by atoms with Gasteiger partial charge in [-0.1, -0.05) is 6.92 Å². The topological polar surface area (TPSA) is 72.4 Å². The lowest BCUT2D eigenvalue weighted by atomic mass is 10.5. The van der Waals surface area contributed by atoms with Crippen LogP contribution in [0.2, 0.25) is 0 Å². The van der Waals surface area contributed by atoms with E-state index in [0.717, 1.165) is 26.1 Å². The van der Waals surface area contributed by atoms with Gasteiger partial charge in [0.2, 0.25) is 11.9 Å². The summed E-state index contributed by atoms with van der Waals surface area (Å²) in [6.07, 6.45) is 1.00. The molecule has 0 saturated carbocycles. The van der Waals surface area contributed by atoms with Crippen LogP contribution in [0.25, 0.3) is 0 Å². The molecule has 1 aromatic heterocycles. The second-order valence-electron chi connectivity index (χ2n) is 4.12. The summed E-state index contributed by atoms with van der Waals surface area (Å²) in [6.45, 7) is 9.58. The van der Waals surface area contributed by atoms with Gasteiger partial charge in [0.05, 0.1) is 6.61 Å². The van der Waals surface area contributed by atoms with E-state index in [1.165, 1.54) is 0 Å². The van der Waals surface area contributed by atoms with Gasteiger partial charge in [0.25, 0.3) is 0 Å².